The van der Waals surface area contributed by atoms with Gasteiger partial charge in [0.2, 0.25) is 0 Å². The van der Waals surface area contributed by atoms with Gasteiger partial charge >= 0.3 is 0 Å². The number of hydrogen-bond acceptors (Lipinski definition) is 1. The van der Waals surface area contributed by atoms with Crippen molar-refractivity contribution in [2.45, 2.75) is 45.5 Å². The fourth-order valence-corrected chi connectivity index (χ4v) is 1.92. The minimum absolute atomic E-state index is 0.0359. The SMILES string of the molecule is CC(C)CC(F)(F)c1cccc(C(C)(C)CN)c1. The molecule has 0 fully saturated rings. The van der Waals surface area contributed by atoms with Crippen LogP contribution in [0.1, 0.15) is 45.2 Å². The standard InChI is InChI=1S/C15H23F2N/c1-11(2)9-15(16,17)13-7-5-6-12(8-13)14(3,4)10-18/h5-8,11H,9-10,18H2,1-4H3. The van der Waals surface area contributed by atoms with Crippen molar-refractivity contribution in [2.24, 2.45) is 11.7 Å². The molecule has 1 aromatic rings. The highest BCUT2D eigenvalue weighted by Gasteiger charge is 2.33. The third-order valence-electron chi connectivity index (χ3n) is 3.24. The molecule has 0 aromatic heterocycles. The van der Waals surface area contributed by atoms with E-state index in [0.29, 0.717) is 6.54 Å². The third kappa shape index (κ3) is 3.52. The Hall–Kier alpha value is -0.960. The predicted molar refractivity (Wildman–Crippen MR) is 71.9 cm³/mol. The molecule has 0 bridgehead atoms. The van der Waals surface area contributed by atoms with Gasteiger partial charge in [0.1, 0.15) is 0 Å². The van der Waals surface area contributed by atoms with E-state index in [0.717, 1.165) is 5.56 Å². The van der Waals surface area contributed by atoms with Crippen molar-refractivity contribution in [2.75, 3.05) is 6.54 Å². The maximum Gasteiger partial charge on any atom is 0.273 e. The molecule has 0 amide bonds. The van der Waals surface area contributed by atoms with Gasteiger partial charge in [-0.15, -0.1) is 0 Å². The number of benzene rings is 1. The van der Waals surface area contributed by atoms with E-state index in [2.05, 4.69) is 0 Å². The minimum Gasteiger partial charge on any atom is -0.330 e. The van der Waals surface area contributed by atoms with Crippen LogP contribution < -0.4 is 5.73 Å². The number of halogens is 2. The van der Waals surface area contributed by atoms with Gasteiger partial charge in [0.05, 0.1) is 0 Å². The smallest absolute Gasteiger partial charge is 0.273 e. The molecular weight excluding hydrogens is 232 g/mol. The van der Waals surface area contributed by atoms with E-state index in [4.69, 9.17) is 5.73 Å². The average molecular weight is 255 g/mol. The first kappa shape index (κ1) is 15.1. The Kier molecular flexibility index (Phi) is 4.49. The van der Waals surface area contributed by atoms with E-state index in [9.17, 15) is 8.78 Å². The fourth-order valence-electron chi connectivity index (χ4n) is 1.92. The van der Waals surface area contributed by atoms with E-state index in [1.807, 2.05) is 33.8 Å². The van der Waals surface area contributed by atoms with E-state index in [-0.39, 0.29) is 23.3 Å². The molecule has 3 heteroatoms. The first-order valence-electron chi connectivity index (χ1n) is 6.38. The predicted octanol–water partition coefficient (Wildman–Crippen LogP) is 4.06. The zero-order valence-corrected chi connectivity index (χ0v) is 11.6. The van der Waals surface area contributed by atoms with E-state index in [1.54, 1.807) is 12.1 Å². The summed E-state index contributed by atoms with van der Waals surface area (Å²) in [5, 5.41) is 0. The van der Waals surface area contributed by atoms with Crippen LogP contribution in [0.4, 0.5) is 8.78 Å². The Bertz CT molecular complexity index is 397. The molecule has 102 valence electrons. The molecule has 0 aliphatic rings. The van der Waals surface area contributed by atoms with E-state index in [1.165, 1.54) is 6.07 Å². The highest BCUT2D eigenvalue weighted by Crippen LogP contribution is 2.36. The summed E-state index contributed by atoms with van der Waals surface area (Å²) in [7, 11) is 0. The molecule has 0 aliphatic carbocycles. The van der Waals surface area contributed by atoms with Crippen LogP contribution in [0.3, 0.4) is 0 Å². The summed E-state index contributed by atoms with van der Waals surface area (Å²) in [5.74, 6) is -2.80. The lowest BCUT2D eigenvalue weighted by Gasteiger charge is -2.25. The molecule has 0 spiro atoms. The van der Waals surface area contributed by atoms with Crippen molar-refractivity contribution in [3.05, 3.63) is 35.4 Å². The molecule has 1 rings (SSSR count). The first-order chi connectivity index (χ1) is 8.19. The summed E-state index contributed by atoms with van der Waals surface area (Å²) >= 11 is 0. The Morgan fingerprint density at radius 1 is 1.17 bits per heavy atom. The van der Waals surface area contributed by atoms with Gasteiger partial charge < -0.3 is 5.73 Å². The second-order valence-electron chi connectivity index (χ2n) is 5.97. The van der Waals surface area contributed by atoms with Crippen LogP contribution in [0.25, 0.3) is 0 Å². The van der Waals surface area contributed by atoms with Crippen molar-refractivity contribution in [3.63, 3.8) is 0 Å². The lowest BCUT2D eigenvalue weighted by atomic mass is 9.83. The number of hydrogen-bond donors (Lipinski definition) is 1. The second kappa shape index (κ2) is 5.35. The van der Waals surface area contributed by atoms with Gasteiger partial charge in [-0.2, -0.15) is 0 Å². The van der Waals surface area contributed by atoms with Crippen LogP contribution >= 0.6 is 0 Å². The molecule has 0 saturated heterocycles. The molecule has 0 aliphatic heterocycles. The lowest BCUT2D eigenvalue weighted by molar-refractivity contribution is -0.0250. The van der Waals surface area contributed by atoms with Crippen molar-refractivity contribution >= 4 is 0 Å². The van der Waals surface area contributed by atoms with Gasteiger partial charge in [0.25, 0.3) is 5.92 Å². The molecule has 0 atom stereocenters. The van der Waals surface area contributed by atoms with Crippen molar-refractivity contribution in [1.29, 1.82) is 0 Å². The average Bonchev–Trinajstić information content (AvgIpc) is 2.27. The van der Waals surface area contributed by atoms with E-state index >= 15 is 0 Å². The normalized spacial score (nSPS) is 13.1. The molecule has 1 aromatic carbocycles. The number of alkyl halides is 2. The maximum absolute atomic E-state index is 14.0. The van der Waals surface area contributed by atoms with Crippen LogP contribution in [0.2, 0.25) is 0 Å². The fraction of sp³-hybridized carbons (Fsp3) is 0.600. The summed E-state index contributed by atoms with van der Waals surface area (Å²) in [5.41, 5.74) is 6.38. The summed E-state index contributed by atoms with van der Waals surface area (Å²) in [6.45, 7) is 7.98. The summed E-state index contributed by atoms with van der Waals surface area (Å²) in [6.07, 6.45) is -0.125. The van der Waals surface area contributed by atoms with Crippen molar-refractivity contribution < 1.29 is 8.78 Å². The molecule has 18 heavy (non-hydrogen) atoms. The Balaban J connectivity index is 3.09. The quantitative estimate of drug-likeness (QED) is 0.843. The molecule has 0 heterocycles. The van der Waals surface area contributed by atoms with Gasteiger partial charge in [-0.3, -0.25) is 0 Å². The maximum atomic E-state index is 14.0. The molecule has 1 nitrogen and oxygen atoms in total. The molecule has 0 unspecified atom stereocenters. The third-order valence-corrected chi connectivity index (χ3v) is 3.24. The number of nitrogens with two attached hydrogens (primary N) is 1. The van der Waals surface area contributed by atoms with E-state index < -0.39 is 5.92 Å². The summed E-state index contributed by atoms with van der Waals surface area (Å²) < 4.78 is 28.1. The Labute approximate surface area is 108 Å². The summed E-state index contributed by atoms with van der Waals surface area (Å²) in [6, 6.07) is 6.64. The van der Waals surface area contributed by atoms with Crippen LogP contribution in [0.5, 0.6) is 0 Å². The topological polar surface area (TPSA) is 26.0 Å². The molecule has 0 radical (unpaired) electrons. The Morgan fingerprint density at radius 3 is 2.22 bits per heavy atom. The van der Waals surface area contributed by atoms with Crippen molar-refractivity contribution in [3.8, 4) is 0 Å². The monoisotopic (exact) mass is 255 g/mol. The zero-order chi connectivity index (χ0) is 14.0. The van der Waals surface area contributed by atoms with Crippen LogP contribution in [-0.2, 0) is 11.3 Å². The number of rotatable bonds is 5. The van der Waals surface area contributed by atoms with Crippen LogP contribution in [0.15, 0.2) is 24.3 Å². The van der Waals surface area contributed by atoms with Gasteiger partial charge in [-0.1, -0.05) is 45.9 Å². The Morgan fingerprint density at radius 2 is 1.72 bits per heavy atom. The highest BCUT2D eigenvalue weighted by molar-refractivity contribution is 5.32. The van der Waals surface area contributed by atoms with Gasteiger partial charge in [-0.25, -0.2) is 8.78 Å². The van der Waals surface area contributed by atoms with Gasteiger partial charge in [0.15, 0.2) is 0 Å². The highest BCUT2D eigenvalue weighted by atomic mass is 19.3. The largest absolute Gasteiger partial charge is 0.330 e. The zero-order valence-electron chi connectivity index (χ0n) is 11.6. The molecular formula is C15H23F2N. The van der Waals surface area contributed by atoms with Gasteiger partial charge in [0, 0.05) is 23.9 Å². The second-order valence-corrected chi connectivity index (χ2v) is 5.97. The lowest BCUT2D eigenvalue weighted by Crippen LogP contribution is -2.28. The first-order valence-corrected chi connectivity index (χ1v) is 6.38. The summed E-state index contributed by atoms with van der Waals surface area (Å²) in [4.78, 5) is 0. The van der Waals surface area contributed by atoms with Crippen LogP contribution in [-0.4, -0.2) is 6.54 Å². The van der Waals surface area contributed by atoms with Crippen molar-refractivity contribution in [1.82, 2.24) is 0 Å². The van der Waals surface area contributed by atoms with Crippen LogP contribution in [0, 0.1) is 5.92 Å². The van der Waals surface area contributed by atoms with Gasteiger partial charge in [-0.05, 0) is 17.5 Å². The minimum atomic E-state index is -2.77. The molecule has 2 N–H and O–H groups in total. The molecule has 0 saturated carbocycles.